The highest BCUT2D eigenvalue weighted by Crippen LogP contribution is 2.23. The Bertz CT molecular complexity index is 352. The monoisotopic (exact) mass is 260 g/mol. The number of aryl methyl sites for hydroxylation is 1. The summed E-state index contributed by atoms with van der Waals surface area (Å²) in [6.07, 6.45) is 6.35. The molecule has 1 fully saturated rings. The van der Waals surface area contributed by atoms with Gasteiger partial charge in [0.2, 0.25) is 0 Å². The summed E-state index contributed by atoms with van der Waals surface area (Å²) in [7, 11) is 0. The van der Waals surface area contributed by atoms with Crippen LogP contribution in [-0.4, -0.2) is 31.1 Å². The van der Waals surface area contributed by atoms with E-state index in [-0.39, 0.29) is 0 Å². The third kappa shape index (κ3) is 4.32. The van der Waals surface area contributed by atoms with E-state index in [9.17, 15) is 0 Å². The molecule has 2 nitrogen and oxygen atoms in total. The summed E-state index contributed by atoms with van der Waals surface area (Å²) in [6.45, 7) is 6.72. The van der Waals surface area contributed by atoms with Crippen molar-refractivity contribution in [3.8, 4) is 0 Å². The minimum Gasteiger partial charge on any atom is -0.330 e. The number of nitrogens with two attached hydrogens (primary N) is 1. The maximum absolute atomic E-state index is 5.81. The zero-order valence-corrected chi connectivity index (χ0v) is 12.3. The van der Waals surface area contributed by atoms with Crippen LogP contribution in [0, 0.1) is 0 Å². The topological polar surface area (TPSA) is 29.3 Å². The van der Waals surface area contributed by atoms with Gasteiger partial charge in [0.05, 0.1) is 0 Å². The molecule has 106 valence electrons. The van der Waals surface area contributed by atoms with Crippen molar-refractivity contribution in [1.29, 1.82) is 0 Å². The minimum atomic E-state index is 0.606. The Morgan fingerprint density at radius 3 is 2.37 bits per heavy atom. The van der Waals surface area contributed by atoms with Gasteiger partial charge in [-0.2, -0.15) is 0 Å². The zero-order valence-electron chi connectivity index (χ0n) is 12.3. The number of hydrogen-bond donors (Lipinski definition) is 1. The predicted octanol–water partition coefficient (Wildman–Crippen LogP) is 3.17. The number of hydrogen-bond acceptors (Lipinski definition) is 2. The molecule has 1 aliphatic heterocycles. The fourth-order valence-electron chi connectivity index (χ4n) is 3.04. The smallest absolute Gasteiger partial charge is 0.00507 e. The predicted molar refractivity (Wildman–Crippen MR) is 82.5 cm³/mol. The van der Waals surface area contributed by atoms with E-state index in [1.165, 1.54) is 50.0 Å². The second kappa shape index (κ2) is 7.66. The van der Waals surface area contributed by atoms with Gasteiger partial charge in [0.15, 0.2) is 0 Å². The molecule has 2 rings (SSSR count). The summed E-state index contributed by atoms with van der Waals surface area (Å²) in [5, 5.41) is 0. The summed E-state index contributed by atoms with van der Waals surface area (Å²) in [5.74, 6) is 0.606. The van der Waals surface area contributed by atoms with E-state index < -0.39 is 0 Å². The van der Waals surface area contributed by atoms with Gasteiger partial charge in [-0.1, -0.05) is 37.6 Å². The fourth-order valence-corrected chi connectivity index (χ4v) is 3.04. The quantitative estimate of drug-likeness (QED) is 0.851. The van der Waals surface area contributed by atoms with Crippen LogP contribution in [0.5, 0.6) is 0 Å². The lowest BCUT2D eigenvalue weighted by molar-refractivity contribution is 0.213. The summed E-state index contributed by atoms with van der Waals surface area (Å²) >= 11 is 0. The highest BCUT2D eigenvalue weighted by atomic mass is 15.1. The molecule has 0 radical (unpaired) electrons. The van der Waals surface area contributed by atoms with Crippen molar-refractivity contribution in [3.63, 3.8) is 0 Å². The number of benzene rings is 1. The van der Waals surface area contributed by atoms with Crippen molar-refractivity contribution in [1.82, 2.24) is 4.90 Å². The lowest BCUT2D eigenvalue weighted by Gasteiger charge is -2.30. The average Bonchev–Trinajstić information content (AvgIpc) is 2.48. The van der Waals surface area contributed by atoms with Crippen LogP contribution in [0.4, 0.5) is 0 Å². The van der Waals surface area contributed by atoms with Crippen molar-refractivity contribution in [3.05, 3.63) is 35.4 Å². The van der Waals surface area contributed by atoms with Gasteiger partial charge in [-0.25, -0.2) is 0 Å². The third-order valence-corrected chi connectivity index (χ3v) is 4.30. The van der Waals surface area contributed by atoms with Gasteiger partial charge >= 0.3 is 0 Å². The first-order valence-corrected chi connectivity index (χ1v) is 7.84. The second-order valence-corrected chi connectivity index (χ2v) is 5.73. The van der Waals surface area contributed by atoms with Crippen molar-refractivity contribution in [2.24, 2.45) is 5.73 Å². The number of rotatable bonds is 6. The molecule has 19 heavy (non-hydrogen) atoms. The first kappa shape index (κ1) is 14.5. The SMILES string of the molecule is CCc1ccc(C(CCN)CN2CCCCC2)cc1. The van der Waals surface area contributed by atoms with E-state index in [1.807, 2.05) is 0 Å². The maximum Gasteiger partial charge on any atom is 0.00507 e. The molecule has 1 aromatic rings. The first-order valence-electron chi connectivity index (χ1n) is 7.84. The third-order valence-electron chi connectivity index (χ3n) is 4.30. The molecule has 1 atom stereocenters. The lowest BCUT2D eigenvalue weighted by atomic mass is 9.93. The minimum absolute atomic E-state index is 0.606. The first-order chi connectivity index (χ1) is 9.33. The van der Waals surface area contributed by atoms with Gasteiger partial charge in [0.25, 0.3) is 0 Å². The molecule has 2 heteroatoms. The Morgan fingerprint density at radius 2 is 1.79 bits per heavy atom. The van der Waals surface area contributed by atoms with Gasteiger partial charge in [-0.3, -0.25) is 0 Å². The zero-order chi connectivity index (χ0) is 13.5. The van der Waals surface area contributed by atoms with Gasteiger partial charge in [-0.05, 0) is 62.4 Å². The van der Waals surface area contributed by atoms with Crippen LogP contribution in [0.1, 0.15) is 49.7 Å². The average molecular weight is 260 g/mol. The van der Waals surface area contributed by atoms with Crippen LogP contribution in [0.3, 0.4) is 0 Å². The number of nitrogens with zero attached hydrogens (tertiary/aromatic N) is 1. The normalized spacial score (nSPS) is 18.4. The largest absolute Gasteiger partial charge is 0.330 e. The van der Waals surface area contributed by atoms with Crippen LogP contribution in [0.15, 0.2) is 24.3 Å². The summed E-state index contributed by atoms with van der Waals surface area (Å²) in [6, 6.07) is 9.16. The molecule has 0 aromatic heterocycles. The van der Waals surface area contributed by atoms with Crippen LogP contribution >= 0.6 is 0 Å². The van der Waals surface area contributed by atoms with Crippen molar-refractivity contribution in [2.75, 3.05) is 26.2 Å². The summed E-state index contributed by atoms with van der Waals surface area (Å²) in [4.78, 5) is 2.62. The van der Waals surface area contributed by atoms with E-state index in [2.05, 4.69) is 36.1 Å². The molecule has 0 saturated carbocycles. The Labute approximate surface area is 118 Å². The molecule has 1 aromatic carbocycles. The molecule has 0 spiro atoms. The van der Waals surface area contributed by atoms with Crippen LogP contribution < -0.4 is 5.73 Å². The van der Waals surface area contributed by atoms with E-state index in [0.717, 1.165) is 19.4 Å². The number of piperidine rings is 1. The van der Waals surface area contributed by atoms with E-state index in [4.69, 9.17) is 5.73 Å². The summed E-state index contributed by atoms with van der Waals surface area (Å²) < 4.78 is 0. The molecule has 2 N–H and O–H groups in total. The van der Waals surface area contributed by atoms with Crippen molar-refractivity contribution < 1.29 is 0 Å². The van der Waals surface area contributed by atoms with E-state index in [1.54, 1.807) is 0 Å². The molecule has 1 unspecified atom stereocenters. The summed E-state index contributed by atoms with van der Waals surface area (Å²) in [5.41, 5.74) is 8.70. The Hall–Kier alpha value is -0.860. The molecule has 0 aliphatic carbocycles. The highest BCUT2D eigenvalue weighted by molar-refractivity contribution is 5.25. The second-order valence-electron chi connectivity index (χ2n) is 5.73. The maximum atomic E-state index is 5.81. The van der Waals surface area contributed by atoms with Crippen LogP contribution in [0.25, 0.3) is 0 Å². The molecule has 1 saturated heterocycles. The molecular formula is C17H28N2. The van der Waals surface area contributed by atoms with Gasteiger partial charge in [0.1, 0.15) is 0 Å². The highest BCUT2D eigenvalue weighted by Gasteiger charge is 2.17. The number of likely N-dealkylation sites (tertiary alicyclic amines) is 1. The van der Waals surface area contributed by atoms with Gasteiger partial charge in [0, 0.05) is 6.54 Å². The van der Waals surface area contributed by atoms with Crippen molar-refractivity contribution >= 4 is 0 Å². The fraction of sp³-hybridized carbons (Fsp3) is 0.647. The lowest BCUT2D eigenvalue weighted by Crippen LogP contribution is -2.34. The van der Waals surface area contributed by atoms with Crippen molar-refractivity contribution in [2.45, 2.75) is 44.9 Å². The molecule has 1 aliphatic rings. The Morgan fingerprint density at radius 1 is 1.11 bits per heavy atom. The molecular weight excluding hydrogens is 232 g/mol. The van der Waals surface area contributed by atoms with Gasteiger partial charge in [-0.15, -0.1) is 0 Å². The van der Waals surface area contributed by atoms with Crippen LogP contribution in [0.2, 0.25) is 0 Å². The standard InChI is InChI=1S/C17H28N2/c1-2-15-6-8-16(9-7-15)17(10-11-18)14-19-12-4-3-5-13-19/h6-9,17H,2-5,10-14,18H2,1H3. The Balaban J connectivity index is 2.00. The molecule has 0 bridgehead atoms. The molecule has 0 amide bonds. The molecule has 1 heterocycles. The van der Waals surface area contributed by atoms with Crippen LogP contribution in [-0.2, 0) is 6.42 Å². The van der Waals surface area contributed by atoms with Gasteiger partial charge < -0.3 is 10.6 Å². The van der Waals surface area contributed by atoms with E-state index >= 15 is 0 Å². The Kier molecular flexibility index (Phi) is 5.87. The van der Waals surface area contributed by atoms with E-state index in [0.29, 0.717) is 5.92 Å².